The van der Waals surface area contributed by atoms with Crippen LogP contribution in [0.2, 0.25) is 0 Å². The topological polar surface area (TPSA) is 55.6 Å². The Balaban J connectivity index is 2.35. The molecule has 5 nitrogen and oxygen atoms in total. The Hall–Kier alpha value is -1.75. The highest BCUT2D eigenvalue weighted by molar-refractivity contribution is 5.52. The lowest BCUT2D eigenvalue weighted by atomic mass is 10.1. The van der Waals surface area contributed by atoms with Crippen molar-refractivity contribution in [1.82, 2.24) is 25.1 Å². The lowest BCUT2D eigenvalue weighted by molar-refractivity contribution is 0.766. The summed E-state index contributed by atoms with van der Waals surface area (Å²) in [6, 6.07) is 0. The van der Waals surface area contributed by atoms with E-state index in [0.717, 1.165) is 36.5 Å². The zero-order chi connectivity index (χ0) is 13.0. The van der Waals surface area contributed by atoms with Crippen molar-refractivity contribution in [2.24, 2.45) is 7.05 Å². The Morgan fingerprint density at radius 3 is 2.78 bits per heavy atom. The van der Waals surface area contributed by atoms with Gasteiger partial charge in [0.05, 0.1) is 11.8 Å². The van der Waals surface area contributed by atoms with E-state index in [0.29, 0.717) is 0 Å². The molecule has 0 aliphatic rings. The number of aromatic nitrogens is 4. The van der Waals surface area contributed by atoms with Crippen LogP contribution in [0.1, 0.15) is 24.6 Å². The fraction of sp³-hybridized carbons (Fsp3) is 0.462. The third kappa shape index (κ3) is 2.73. The van der Waals surface area contributed by atoms with Crippen LogP contribution in [0.3, 0.4) is 0 Å². The van der Waals surface area contributed by atoms with Crippen LogP contribution in [0.15, 0.2) is 18.6 Å². The number of rotatable bonds is 5. The van der Waals surface area contributed by atoms with E-state index in [9.17, 15) is 0 Å². The highest BCUT2D eigenvalue weighted by atomic mass is 15.2. The number of nitrogens with zero attached hydrogens (tertiary/aromatic N) is 4. The molecule has 1 N–H and O–H groups in total. The summed E-state index contributed by atoms with van der Waals surface area (Å²) in [4.78, 5) is 9.08. The Kier molecular flexibility index (Phi) is 4.04. The molecule has 0 amide bonds. The predicted octanol–water partition coefficient (Wildman–Crippen LogP) is 1.55. The first kappa shape index (κ1) is 12.7. The maximum Gasteiger partial charge on any atom is 0.162 e. The quantitative estimate of drug-likeness (QED) is 0.868. The largest absolute Gasteiger partial charge is 0.316 e. The van der Waals surface area contributed by atoms with Crippen molar-refractivity contribution in [3.05, 3.63) is 29.8 Å². The first-order valence-electron chi connectivity index (χ1n) is 6.23. The van der Waals surface area contributed by atoms with Gasteiger partial charge in [0.1, 0.15) is 0 Å². The van der Waals surface area contributed by atoms with Crippen LogP contribution < -0.4 is 5.32 Å². The number of hydrogen-bond donors (Lipinski definition) is 1. The predicted molar refractivity (Wildman–Crippen MR) is 71.0 cm³/mol. The van der Waals surface area contributed by atoms with Crippen molar-refractivity contribution in [2.45, 2.75) is 26.3 Å². The van der Waals surface area contributed by atoms with E-state index in [2.05, 4.69) is 27.3 Å². The zero-order valence-electron chi connectivity index (χ0n) is 11.1. The van der Waals surface area contributed by atoms with Crippen LogP contribution in [0, 0.1) is 0 Å². The monoisotopic (exact) mass is 245 g/mol. The average molecular weight is 245 g/mol. The third-order valence-corrected chi connectivity index (χ3v) is 2.77. The minimum absolute atomic E-state index is 0.756. The van der Waals surface area contributed by atoms with Crippen molar-refractivity contribution < 1.29 is 0 Å². The van der Waals surface area contributed by atoms with Crippen molar-refractivity contribution in [3.8, 4) is 11.4 Å². The van der Waals surface area contributed by atoms with Gasteiger partial charge in [0.2, 0.25) is 0 Å². The molecule has 96 valence electrons. The molecule has 2 aromatic rings. The summed E-state index contributed by atoms with van der Waals surface area (Å²) in [6.45, 7) is 2.97. The maximum absolute atomic E-state index is 4.66. The van der Waals surface area contributed by atoms with E-state index in [4.69, 9.17) is 0 Å². The first-order valence-corrected chi connectivity index (χ1v) is 6.23. The van der Waals surface area contributed by atoms with Crippen LogP contribution in [0.5, 0.6) is 0 Å². The number of nitrogens with one attached hydrogen (secondary N) is 1. The van der Waals surface area contributed by atoms with E-state index in [1.54, 1.807) is 10.9 Å². The lowest BCUT2D eigenvalue weighted by Crippen LogP contribution is -2.10. The van der Waals surface area contributed by atoms with Gasteiger partial charge in [-0.05, 0) is 13.5 Å². The summed E-state index contributed by atoms with van der Waals surface area (Å²) in [7, 11) is 3.83. The van der Waals surface area contributed by atoms with E-state index < -0.39 is 0 Å². The highest BCUT2D eigenvalue weighted by Gasteiger charge is 2.09. The molecule has 0 aromatic carbocycles. The second kappa shape index (κ2) is 5.73. The third-order valence-electron chi connectivity index (χ3n) is 2.77. The summed E-state index contributed by atoms with van der Waals surface area (Å²) in [5.41, 5.74) is 3.26. The van der Waals surface area contributed by atoms with Gasteiger partial charge < -0.3 is 5.32 Å². The average Bonchev–Trinajstić information content (AvgIpc) is 2.79. The fourth-order valence-electron chi connectivity index (χ4n) is 1.91. The smallest absolute Gasteiger partial charge is 0.162 e. The minimum Gasteiger partial charge on any atom is -0.316 e. The van der Waals surface area contributed by atoms with Crippen LogP contribution in [0.4, 0.5) is 0 Å². The number of hydrogen-bond acceptors (Lipinski definition) is 4. The molecule has 2 heterocycles. The molecule has 0 saturated heterocycles. The Morgan fingerprint density at radius 1 is 1.33 bits per heavy atom. The van der Waals surface area contributed by atoms with Gasteiger partial charge in [-0.15, -0.1) is 0 Å². The van der Waals surface area contributed by atoms with Crippen molar-refractivity contribution in [3.63, 3.8) is 0 Å². The van der Waals surface area contributed by atoms with Crippen LogP contribution in [-0.2, 0) is 20.0 Å². The molecule has 0 radical (unpaired) electrons. The van der Waals surface area contributed by atoms with Crippen molar-refractivity contribution in [2.75, 3.05) is 7.05 Å². The molecule has 0 aliphatic heterocycles. The summed E-state index contributed by atoms with van der Waals surface area (Å²) >= 11 is 0. The van der Waals surface area contributed by atoms with Crippen molar-refractivity contribution in [1.29, 1.82) is 0 Å². The van der Waals surface area contributed by atoms with Crippen LogP contribution >= 0.6 is 0 Å². The standard InChI is InChI=1S/C13H19N5/c1-4-5-12-10(6-14-2)7-15-13(17-12)11-8-16-18(3)9-11/h7-9,14H,4-6H2,1-3H3. The van der Waals surface area contributed by atoms with E-state index in [-0.39, 0.29) is 0 Å². The summed E-state index contributed by atoms with van der Waals surface area (Å²) in [5.74, 6) is 0.756. The van der Waals surface area contributed by atoms with Gasteiger partial charge in [0.15, 0.2) is 5.82 Å². The van der Waals surface area contributed by atoms with Crippen LogP contribution in [0.25, 0.3) is 11.4 Å². The molecule has 18 heavy (non-hydrogen) atoms. The molecule has 2 rings (SSSR count). The molecule has 0 aliphatic carbocycles. The van der Waals surface area contributed by atoms with Gasteiger partial charge in [-0.25, -0.2) is 9.97 Å². The molecule has 0 unspecified atom stereocenters. The highest BCUT2D eigenvalue weighted by Crippen LogP contribution is 2.16. The second-order valence-electron chi connectivity index (χ2n) is 4.35. The van der Waals surface area contributed by atoms with Gasteiger partial charge in [0, 0.05) is 37.2 Å². The van der Waals surface area contributed by atoms with Gasteiger partial charge in [-0.2, -0.15) is 5.10 Å². The molecule has 5 heteroatoms. The molecule has 0 bridgehead atoms. The zero-order valence-corrected chi connectivity index (χ0v) is 11.1. The molecule has 0 atom stereocenters. The van der Waals surface area contributed by atoms with Gasteiger partial charge in [0.25, 0.3) is 0 Å². The lowest BCUT2D eigenvalue weighted by Gasteiger charge is -2.08. The van der Waals surface area contributed by atoms with Gasteiger partial charge >= 0.3 is 0 Å². The molecular weight excluding hydrogens is 226 g/mol. The Morgan fingerprint density at radius 2 is 2.17 bits per heavy atom. The minimum atomic E-state index is 0.756. The molecule has 2 aromatic heterocycles. The van der Waals surface area contributed by atoms with E-state index >= 15 is 0 Å². The number of aryl methyl sites for hydroxylation is 2. The van der Waals surface area contributed by atoms with E-state index in [1.807, 2.05) is 26.5 Å². The molecule has 0 fully saturated rings. The Bertz CT molecular complexity index is 518. The Labute approximate surface area is 107 Å². The van der Waals surface area contributed by atoms with E-state index in [1.165, 1.54) is 5.56 Å². The summed E-state index contributed by atoms with van der Waals surface area (Å²) in [5, 5.41) is 7.30. The fourth-order valence-corrected chi connectivity index (χ4v) is 1.91. The van der Waals surface area contributed by atoms with Crippen LogP contribution in [-0.4, -0.2) is 26.8 Å². The second-order valence-corrected chi connectivity index (χ2v) is 4.35. The summed E-state index contributed by atoms with van der Waals surface area (Å²) < 4.78 is 1.76. The van der Waals surface area contributed by atoms with Gasteiger partial charge in [-0.3, -0.25) is 4.68 Å². The molecular formula is C13H19N5. The normalized spacial score (nSPS) is 10.8. The van der Waals surface area contributed by atoms with Gasteiger partial charge in [-0.1, -0.05) is 13.3 Å². The SMILES string of the molecule is CCCc1nc(-c2cnn(C)c2)ncc1CNC. The van der Waals surface area contributed by atoms with Crippen molar-refractivity contribution >= 4 is 0 Å². The molecule has 0 spiro atoms. The molecule has 0 saturated carbocycles. The maximum atomic E-state index is 4.66. The first-order chi connectivity index (χ1) is 8.74. The summed E-state index contributed by atoms with van der Waals surface area (Å²) in [6.07, 6.45) is 7.70.